The van der Waals surface area contributed by atoms with Gasteiger partial charge < -0.3 is 20.9 Å². The molecule has 0 aromatic heterocycles. The van der Waals surface area contributed by atoms with E-state index in [1.165, 1.54) is 0 Å². The summed E-state index contributed by atoms with van der Waals surface area (Å²) in [5.41, 5.74) is 5.08. The smallest absolute Gasteiger partial charge is 0.303 e. The van der Waals surface area contributed by atoms with Crippen molar-refractivity contribution < 1.29 is 24.2 Å². The molecule has 96 valence electrons. The van der Waals surface area contributed by atoms with E-state index in [0.29, 0.717) is 13.0 Å². The van der Waals surface area contributed by atoms with Crippen molar-refractivity contribution >= 4 is 17.8 Å². The summed E-state index contributed by atoms with van der Waals surface area (Å²) in [6.45, 7) is 0.522. The Balaban J connectivity index is 2.44. The molecule has 0 aromatic rings. The van der Waals surface area contributed by atoms with Gasteiger partial charge in [0, 0.05) is 13.0 Å². The maximum absolute atomic E-state index is 11.6. The average molecular weight is 244 g/mol. The molecule has 0 aromatic carbocycles. The fraction of sp³-hybridized carbons (Fsp3) is 0.700. The lowest BCUT2D eigenvalue weighted by atomic mass is 10.1. The van der Waals surface area contributed by atoms with Gasteiger partial charge >= 0.3 is 5.97 Å². The topological polar surface area (TPSA) is 119 Å². The largest absolute Gasteiger partial charge is 0.481 e. The summed E-state index contributed by atoms with van der Waals surface area (Å²) in [7, 11) is 0. The molecule has 17 heavy (non-hydrogen) atoms. The fourth-order valence-corrected chi connectivity index (χ4v) is 1.60. The molecule has 1 heterocycles. The molecule has 1 saturated heterocycles. The van der Waals surface area contributed by atoms with Crippen molar-refractivity contribution in [3.63, 3.8) is 0 Å². The van der Waals surface area contributed by atoms with Crippen molar-refractivity contribution in [1.82, 2.24) is 5.32 Å². The van der Waals surface area contributed by atoms with Crippen molar-refractivity contribution in [1.29, 1.82) is 0 Å². The maximum atomic E-state index is 11.6. The quantitative estimate of drug-likeness (QED) is 0.553. The molecule has 0 bridgehead atoms. The van der Waals surface area contributed by atoms with Gasteiger partial charge in [0.15, 0.2) is 0 Å². The molecule has 2 amide bonds. The Morgan fingerprint density at radius 3 is 2.65 bits per heavy atom. The normalized spacial score (nSPS) is 20.8. The van der Waals surface area contributed by atoms with Crippen molar-refractivity contribution in [2.24, 2.45) is 5.73 Å². The van der Waals surface area contributed by atoms with Crippen LogP contribution in [0.5, 0.6) is 0 Å². The van der Waals surface area contributed by atoms with Crippen LogP contribution >= 0.6 is 0 Å². The number of rotatable bonds is 6. The van der Waals surface area contributed by atoms with Gasteiger partial charge in [0.25, 0.3) is 0 Å². The summed E-state index contributed by atoms with van der Waals surface area (Å²) in [4.78, 5) is 33.0. The molecule has 0 aliphatic carbocycles. The third-order valence-corrected chi connectivity index (χ3v) is 2.53. The summed E-state index contributed by atoms with van der Waals surface area (Å²) in [6, 6.07) is -0.956. The molecule has 2 atom stereocenters. The van der Waals surface area contributed by atoms with Gasteiger partial charge in [0.05, 0.1) is 0 Å². The Kier molecular flexibility index (Phi) is 4.89. The standard InChI is InChI=1S/C10H16N2O5/c11-9(15)6(3-4-8(13)14)12-10(16)7-2-1-5-17-7/h6-7H,1-5H2,(H2,11,15)(H,12,16)(H,13,14)/t6-,7+/m0/s1. The van der Waals surface area contributed by atoms with Gasteiger partial charge in [-0.05, 0) is 19.3 Å². The molecule has 1 aliphatic heterocycles. The zero-order valence-electron chi connectivity index (χ0n) is 9.35. The molecule has 1 aliphatic rings. The van der Waals surface area contributed by atoms with E-state index in [2.05, 4.69) is 5.32 Å². The monoisotopic (exact) mass is 244 g/mol. The summed E-state index contributed by atoms with van der Waals surface area (Å²) >= 11 is 0. The van der Waals surface area contributed by atoms with E-state index in [9.17, 15) is 14.4 Å². The van der Waals surface area contributed by atoms with E-state index in [1.54, 1.807) is 0 Å². The second-order valence-electron chi connectivity index (χ2n) is 3.90. The second kappa shape index (κ2) is 6.19. The second-order valence-corrected chi connectivity index (χ2v) is 3.90. The van der Waals surface area contributed by atoms with Crippen molar-refractivity contribution in [2.75, 3.05) is 6.61 Å². The van der Waals surface area contributed by atoms with Crippen LogP contribution < -0.4 is 11.1 Å². The first-order valence-electron chi connectivity index (χ1n) is 5.44. The van der Waals surface area contributed by atoms with Crippen LogP contribution in [0.3, 0.4) is 0 Å². The minimum absolute atomic E-state index is 0.0108. The third kappa shape index (κ3) is 4.39. The predicted octanol–water partition coefficient (Wildman–Crippen LogP) is -1.000. The highest BCUT2D eigenvalue weighted by Gasteiger charge is 2.27. The van der Waals surface area contributed by atoms with Crippen LogP contribution in [0.25, 0.3) is 0 Å². The Labute approximate surface area is 98.3 Å². The number of carbonyl (C=O) groups is 3. The van der Waals surface area contributed by atoms with Gasteiger partial charge in [-0.1, -0.05) is 0 Å². The predicted molar refractivity (Wildman–Crippen MR) is 57.0 cm³/mol. The number of primary amides is 1. The zero-order valence-corrected chi connectivity index (χ0v) is 9.35. The van der Waals surface area contributed by atoms with E-state index >= 15 is 0 Å². The van der Waals surface area contributed by atoms with Crippen LogP contribution in [0, 0.1) is 0 Å². The Hall–Kier alpha value is -1.63. The van der Waals surface area contributed by atoms with Gasteiger partial charge in [-0.15, -0.1) is 0 Å². The number of amides is 2. The van der Waals surface area contributed by atoms with Gasteiger partial charge in [-0.25, -0.2) is 0 Å². The molecular weight excluding hydrogens is 228 g/mol. The average Bonchev–Trinajstić information content (AvgIpc) is 2.76. The Morgan fingerprint density at radius 2 is 2.18 bits per heavy atom. The molecule has 4 N–H and O–H groups in total. The van der Waals surface area contributed by atoms with Crippen LogP contribution in [0.4, 0.5) is 0 Å². The summed E-state index contributed by atoms with van der Waals surface area (Å²) in [5, 5.41) is 10.9. The minimum Gasteiger partial charge on any atom is -0.481 e. The molecule has 1 fully saturated rings. The number of hydrogen-bond acceptors (Lipinski definition) is 4. The zero-order chi connectivity index (χ0) is 12.8. The molecule has 0 spiro atoms. The van der Waals surface area contributed by atoms with Gasteiger partial charge in [0.2, 0.25) is 11.8 Å². The molecule has 1 rings (SSSR count). The summed E-state index contributed by atoms with van der Waals surface area (Å²) in [6.07, 6.45) is 0.620. The Morgan fingerprint density at radius 1 is 1.47 bits per heavy atom. The van der Waals surface area contributed by atoms with Crippen LogP contribution in [0.1, 0.15) is 25.7 Å². The number of aliphatic carboxylic acids is 1. The highest BCUT2D eigenvalue weighted by Crippen LogP contribution is 2.12. The molecule has 0 saturated carbocycles. The number of carbonyl (C=O) groups excluding carboxylic acids is 2. The van der Waals surface area contributed by atoms with Crippen LogP contribution in [-0.4, -0.2) is 41.6 Å². The van der Waals surface area contributed by atoms with Crippen molar-refractivity contribution in [2.45, 2.75) is 37.8 Å². The first kappa shape index (κ1) is 13.4. The highest BCUT2D eigenvalue weighted by atomic mass is 16.5. The third-order valence-electron chi connectivity index (χ3n) is 2.53. The van der Waals surface area contributed by atoms with E-state index in [4.69, 9.17) is 15.6 Å². The molecular formula is C10H16N2O5. The van der Waals surface area contributed by atoms with Crippen molar-refractivity contribution in [3.8, 4) is 0 Å². The van der Waals surface area contributed by atoms with Gasteiger partial charge in [-0.3, -0.25) is 14.4 Å². The summed E-state index contributed by atoms with van der Waals surface area (Å²) < 4.78 is 5.14. The maximum Gasteiger partial charge on any atom is 0.303 e. The lowest BCUT2D eigenvalue weighted by molar-refractivity contribution is -0.138. The molecule has 0 unspecified atom stereocenters. The number of ether oxygens (including phenoxy) is 1. The van der Waals surface area contributed by atoms with Crippen LogP contribution in [-0.2, 0) is 19.1 Å². The fourth-order valence-electron chi connectivity index (χ4n) is 1.60. The Bertz CT molecular complexity index is 312. The first-order valence-corrected chi connectivity index (χ1v) is 5.44. The van der Waals surface area contributed by atoms with E-state index in [1.807, 2.05) is 0 Å². The van der Waals surface area contributed by atoms with Crippen molar-refractivity contribution in [3.05, 3.63) is 0 Å². The van der Waals surface area contributed by atoms with E-state index in [-0.39, 0.29) is 12.8 Å². The van der Waals surface area contributed by atoms with E-state index in [0.717, 1.165) is 6.42 Å². The first-order chi connectivity index (χ1) is 8.00. The SMILES string of the molecule is NC(=O)[C@H](CCC(=O)O)NC(=O)[C@H]1CCCO1. The minimum atomic E-state index is -1.04. The van der Waals surface area contributed by atoms with Gasteiger partial charge in [-0.2, -0.15) is 0 Å². The highest BCUT2D eigenvalue weighted by molar-refractivity contribution is 5.88. The lowest BCUT2D eigenvalue weighted by Gasteiger charge is -2.17. The molecule has 0 radical (unpaired) electrons. The number of nitrogens with one attached hydrogen (secondary N) is 1. The number of carboxylic acid groups (broad SMARTS) is 1. The summed E-state index contributed by atoms with van der Waals surface area (Å²) in [5.74, 6) is -2.18. The van der Waals surface area contributed by atoms with E-state index < -0.39 is 29.9 Å². The molecule has 7 nitrogen and oxygen atoms in total. The van der Waals surface area contributed by atoms with Crippen LogP contribution in [0.15, 0.2) is 0 Å². The number of carboxylic acids is 1. The number of nitrogens with two attached hydrogens (primary N) is 1. The lowest BCUT2D eigenvalue weighted by Crippen LogP contribution is -2.48. The number of hydrogen-bond donors (Lipinski definition) is 3. The van der Waals surface area contributed by atoms with Gasteiger partial charge in [0.1, 0.15) is 12.1 Å². The molecule has 7 heteroatoms. The van der Waals surface area contributed by atoms with Crippen LogP contribution in [0.2, 0.25) is 0 Å².